The number of hydrogen-bond acceptors (Lipinski definition) is 2. The molecule has 0 aliphatic rings. The van der Waals surface area contributed by atoms with E-state index in [0.717, 1.165) is 11.3 Å². The molecule has 2 rings (SSSR count). The molecule has 4 heteroatoms. The number of anilines is 1. The largest absolute Gasteiger partial charge is 0.508 e. The van der Waals surface area contributed by atoms with Gasteiger partial charge in [0.25, 0.3) is 0 Å². The lowest BCUT2D eigenvalue weighted by Crippen LogP contribution is -2.03. The van der Waals surface area contributed by atoms with Crippen LogP contribution in [0.5, 0.6) is 5.75 Å². The first-order valence-corrected chi connectivity index (χ1v) is 5.92. The second kappa shape index (κ2) is 5.30. The quantitative estimate of drug-likeness (QED) is 0.491. The summed E-state index contributed by atoms with van der Waals surface area (Å²) in [5.41, 5.74) is 1.44. The SMILES string of the molecule is Oc1ccc(NC(Cl)c2ccc(Cl)cc2)cc1. The van der Waals surface area contributed by atoms with Crippen molar-refractivity contribution in [1.82, 2.24) is 0 Å². The van der Waals surface area contributed by atoms with Gasteiger partial charge >= 0.3 is 0 Å². The maximum Gasteiger partial charge on any atom is 0.127 e. The summed E-state index contributed by atoms with van der Waals surface area (Å²) < 4.78 is 0. The first-order valence-electron chi connectivity index (χ1n) is 5.10. The molecule has 2 nitrogen and oxygen atoms in total. The maximum absolute atomic E-state index is 9.16. The lowest BCUT2D eigenvalue weighted by atomic mass is 10.2. The monoisotopic (exact) mass is 267 g/mol. The topological polar surface area (TPSA) is 32.3 Å². The standard InChI is InChI=1S/C13H11Cl2NO/c14-10-3-1-9(2-4-10)13(15)16-11-5-7-12(17)8-6-11/h1-8,13,16-17H. The number of rotatable bonds is 3. The second-order valence-electron chi connectivity index (χ2n) is 3.61. The minimum absolute atomic E-state index is 0.230. The van der Waals surface area contributed by atoms with Crippen molar-refractivity contribution in [1.29, 1.82) is 0 Å². The second-order valence-corrected chi connectivity index (χ2v) is 4.48. The van der Waals surface area contributed by atoms with Crippen LogP contribution in [0.1, 0.15) is 11.1 Å². The molecule has 2 aromatic rings. The summed E-state index contributed by atoms with van der Waals surface area (Å²) >= 11 is 12.0. The van der Waals surface area contributed by atoms with Crippen LogP contribution in [-0.2, 0) is 0 Å². The molecule has 17 heavy (non-hydrogen) atoms. The molecule has 2 aromatic carbocycles. The number of phenols is 1. The van der Waals surface area contributed by atoms with Crippen molar-refractivity contribution in [3.63, 3.8) is 0 Å². The number of phenolic OH excluding ortho intramolecular Hbond substituents is 1. The molecule has 0 bridgehead atoms. The molecule has 0 amide bonds. The van der Waals surface area contributed by atoms with Crippen LogP contribution >= 0.6 is 23.2 Å². The maximum atomic E-state index is 9.16. The Balaban J connectivity index is 2.08. The smallest absolute Gasteiger partial charge is 0.127 e. The zero-order valence-electron chi connectivity index (χ0n) is 8.90. The van der Waals surface area contributed by atoms with Crippen LogP contribution < -0.4 is 5.32 Å². The van der Waals surface area contributed by atoms with Gasteiger partial charge in [-0.15, -0.1) is 0 Å². The molecule has 0 spiro atoms. The van der Waals surface area contributed by atoms with Crippen molar-refractivity contribution in [2.24, 2.45) is 0 Å². The van der Waals surface area contributed by atoms with E-state index >= 15 is 0 Å². The van der Waals surface area contributed by atoms with Crippen LogP contribution in [0, 0.1) is 0 Å². The first kappa shape index (κ1) is 12.1. The molecule has 88 valence electrons. The highest BCUT2D eigenvalue weighted by molar-refractivity contribution is 6.30. The Hall–Kier alpha value is -1.38. The van der Waals surface area contributed by atoms with E-state index in [1.54, 1.807) is 36.4 Å². The van der Waals surface area contributed by atoms with E-state index in [2.05, 4.69) is 5.32 Å². The van der Waals surface area contributed by atoms with Gasteiger partial charge in [-0.1, -0.05) is 35.3 Å². The van der Waals surface area contributed by atoms with Crippen molar-refractivity contribution in [2.45, 2.75) is 5.50 Å². The predicted molar refractivity (Wildman–Crippen MR) is 71.8 cm³/mol. The fourth-order valence-electron chi connectivity index (χ4n) is 1.42. The normalized spacial score (nSPS) is 12.1. The highest BCUT2D eigenvalue weighted by Crippen LogP contribution is 2.25. The lowest BCUT2D eigenvalue weighted by Gasteiger charge is -2.13. The Bertz CT molecular complexity index is 482. The molecule has 0 fully saturated rings. The van der Waals surface area contributed by atoms with Gasteiger partial charge in [-0.05, 0) is 42.0 Å². The fourth-order valence-corrected chi connectivity index (χ4v) is 1.82. The number of nitrogens with one attached hydrogen (secondary N) is 1. The van der Waals surface area contributed by atoms with Gasteiger partial charge in [0.15, 0.2) is 0 Å². The summed E-state index contributed by atoms with van der Waals surface area (Å²) in [6.07, 6.45) is 0. The lowest BCUT2D eigenvalue weighted by molar-refractivity contribution is 0.475. The molecule has 0 heterocycles. The van der Waals surface area contributed by atoms with Crippen LogP contribution in [0.3, 0.4) is 0 Å². The van der Waals surface area contributed by atoms with Gasteiger partial charge in [-0.3, -0.25) is 0 Å². The molecule has 1 atom stereocenters. The van der Waals surface area contributed by atoms with Crippen molar-refractivity contribution < 1.29 is 5.11 Å². The van der Waals surface area contributed by atoms with Crippen LogP contribution in [0.4, 0.5) is 5.69 Å². The molecule has 0 saturated heterocycles. The molecule has 2 N–H and O–H groups in total. The van der Waals surface area contributed by atoms with Crippen molar-refractivity contribution in [2.75, 3.05) is 5.32 Å². The summed E-state index contributed by atoms with van der Waals surface area (Å²) in [6.45, 7) is 0. The molecule has 1 unspecified atom stereocenters. The summed E-state index contributed by atoms with van der Waals surface area (Å²) in [7, 11) is 0. The number of alkyl halides is 1. The molecule has 0 aliphatic heterocycles. The zero-order valence-corrected chi connectivity index (χ0v) is 10.4. The molecule has 0 saturated carbocycles. The Morgan fingerprint density at radius 1 is 0.941 bits per heavy atom. The zero-order chi connectivity index (χ0) is 12.3. The number of benzene rings is 2. The Labute approximate surface area is 110 Å². The molecule has 0 radical (unpaired) electrons. The van der Waals surface area contributed by atoms with Gasteiger partial charge in [-0.25, -0.2) is 0 Å². The highest BCUT2D eigenvalue weighted by Gasteiger charge is 2.07. The summed E-state index contributed by atoms with van der Waals surface area (Å²) in [5, 5.41) is 13.0. The minimum Gasteiger partial charge on any atom is -0.508 e. The van der Waals surface area contributed by atoms with Crippen molar-refractivity contribution in [3.8, 4) is 5.75 Å². The Kier molecular flexibility index (Phi) is 3.77. The third-order valence-electron chi connectivity index (χ3n) is 2.32. The van der Waals surface area contributed by atoms with Crippen LogP contribution in [0.25, 0.3) is 0 Å². The number of halogens is 2. The van der Waals surface area contributed by atoms with Crippen molar-refractivity contribution >= 4 is 28.9 Å². The van der Waals surface area contributed by atoms with E-state index in [9.17, 15) is 0 Å². The number of hydrogen-bond donors (Lipinski definition) is 2. The summed E-state index contributed by atoms with van der Waals surface area (Å²) in [6, 6.07) is 14.1. The van der Waals surface area contributed by atoms with E-state index in [-0.39, 0.29) is 11.3 Å². The summed E-state index contributed by atoms with van der Waals surface area (Å²) in [5.74, 6) is 0.230. The number of aromatic hydroxyl groups is 1. The first-order chi connectivity index (χ1) is 8.15. The van der Waals surface area contributed by atoms with Crippen LogP contribution in [-0.4, -0.2) is 5.11 Å². The molecular formula is C13H11Cl2NO. The van der Waals surface area contributed by atoms with E-state index < -0.39 is 0 Å². The fraction of sp³-hybridized carbons (Fsp3) is 0.0769. The predicted octanol–water partition coefficient (Wildman–Crippen LogP) is 4.40. The minimum atomic E-state index is -0.336. The van der Waals surface area contributed by atoms with Gasteiger partial charge in [-0.2, -0.15) is 0 Å². The third kappa shape index (κ3) is 3.29. The van der Waals surface area contributed by atoms with Gasteiger partial charge in [0.2, 0.25) is 0 Å². The Morgan fingerprint density at radius 3 is 2.12 bits per heavy atom. The van der Waals surface area contributed by atoms with Gasteiger partial charge in [0.1, 0.15) is 11.3 Å². The molecule has 0 aromatic heterocycles. The summed E-state index contributed by atoms with van der Waals surface area (Å²) in [4.78, 5) is 0. The van der Waals surface area contributed by atoms with E-state index in [4.69, 9.17) is 28.3 Å². The molecular weight excluding hydrogens is 257 g/mol. The van der Waals surface area contributed by atoms with E-state index in [0.29, 0.717) is 5.02 Å². The van der Waals surface area contributed by atoms with E-state index in [1.165, 1.54) is 0 Å². The third-order valence-corrected chi connectivity index (χ3v) is 2.94. The van der Waals surface area contributed by atoms with E-state index in [1.807, 2.05) is 12.1 Å². The van der Waals surface area contributed by atoms with Gasteiger partial charge < -0.3 is 10.4 Å². The Morgan fingerprint density at radius 2 is 1.53 bits per heavy atom. The van der Waals surface area contributed by atoms with Crippen LogP contribution in [0.15, 0.2) is 48.5 Å². The highest BCUT2D eigenvalue weighted by atomic mass is 35.5. The average molecular weight is 268 g/mol. The average Bonchev–Trinajstić information content (AvgIpc) is 2.33. The molecule has 0 aliphatic carbocycles. The van der Waals surface area contributed by atoms with Gasteiger partial charge in [0.05, 0.1) is 0 Å². The van der Waals surface area contributed by atoms with Gasteiger partial charge in [0, 0.05) is 10.7 Å². The van der Waals surface area contributed by atoms with Crippen LogP contribution in [0.2, 0.25) is 5.02 Å². The van der Waals surface area contributed by atoms with Crippen molar-refractivity contribution in [3.05, 3.63) is 59.1 Å².